The first-order valence-corrected chi connectivity index (χ1v) is 6.86. The van der Waals surface area contributed by atoms with Crippen LogP contribution in [0.4, 0.5) is 0 Å². The van der Waals surface area contributed by atoms with Crippen molar-refractivity contribution >= 4 is 0 Å². The summed E-state index contributed by atoms with van der Waals surface area (Å²) >= 11 is 0. The van der Waals surface area contributed by atoms with Crippen LogP contribution in [-0.2, 0) is 6.54 Å². The van der Waals surface area contributed by atoms with Gasteiger partial charge >= 0.3 is 0 Å². The van der Waals surface area contributed by atoms with Crippen LogP contribution >= 0.6 is 0 Å². The van der Waals surface area contributed by atoms with E-state index in [4.69, 9.17) is 0 Å². The zero-order chi connectivity index (χ0) is 13.6. The van der Waals surface area contributed by atoms with Gasteiger partial charge in [-0.25, -0.2) is 0 Å². The summed E-state index contributed by atoms with van der Waals surface area (Å²) in [7, 11) is 2.19. The molecule has 0 aliphatic heterocycles. The van der Waals surface area contributed by atoms with Gasteiger partial charge in [0.1, 0.15) is 0 Å². The normalized spacial score (nSPS) is 12.1. The van der Waals surface area contributed by atoms with Gasteiger partial charge in [-0.3, -0.25) is 0 Å². The second-order valence-corrected chi connectivity index (χ2v) is 6.25. The lowest BCUT2D eigenvalue weighted by Crippen LogP contribution is -2.37. The van der Waals surface area contributed by atoms with Gasteiger partial charge in [0.05, 0.1) is 0 Å². The number of benzene rings is 1. The highest BCUT2D eigenvalue weighted by atomic mass is 15.1. The summed E-state index contributed by atoms with van der Waals surface area (Å²) in [5.41, 5.74) is 2.96. The van der Waals surface area contributed by atoms with Crippen LogP contribution in [0, 0.1) is 6.92 Å². The predicted octanol–water partition coefficient (Wildman–Crippen LogP) is 3.21. The zero-order valence-corrected chi connectivity index (χ0v) is 12.6. The molecule has 0 spiro atoms. The summed E-state index contributed by atoms with van der Waals surface area (Å²) in [5, 5.41) is 3.52. The highest BCUT2D eigenvalue weighted by molar-refractivity contribution is 5.21. The van der Waals surface area contributed by atoms with Gasteiger partial charge in [0.15, 0.2) is 0 Å². The number of rotatable bonds is 6. The van der Waals surface area contributed by atoms with Crippen LogP contribution in [0.25, 0.3) is 0 Å². The molecule has 0 heterocycles. The fraction of sp³-hybridized carbons (Fsp3) is 0.625. The summed E-state index contributed by atoms with van der Waals surface area (Å²) in [6, 6.07) is 8.81. The van der Waals surface area contributed by atoms with Crippen molar-refractivity contribution in [3.63, 3.8) is 0 Å². The minimum absolute atomic E-state index is 0.232. The Morgan fingerprint density at radius 1 is 1.11 bits per heavy atom. The molecule has 0 radical (unpaired) electrons. The zero-order valence-electron chi connectivity index (χ0n) is 12.6. The highest BCUT2D eigenvalue weighted by Gasteiger charge is 2.07. The molecule has 0 atom stereocenters. The van der Waals surface area contributed by atoms with Gasteiger partial charge < -0.3 is 10.2 Å². The standard InChI is InChI=1S/C16H28N2/c1-14-7-9-15(10-8-14)13-18(5)12-6-11-17-16(2,3)4/h7-10,17H,6,11-13H2,1-5H3. The van der Waals surface area contributed by atoms with Gasteiger partial charge in [-0.2, -0.15) is 0 Å². The number of nitrogens with one attached hydrogen (secondary N) is 1. The fourth-order valence-electron chi connectivity index (χ4n) is 1.90. The van der Waals surface area contributed by atoms with E-state index in [-0.39, 0.29) is 5.54 Å². The average molecular weight is 248 g/mol. The molecular formula is C16H28N2. The number of aryl methyl sites for hydroxylation is 1. The largest absolute Gasteiger partial charge is 0.312 e. The smallest absolute Gasteiger partial charge is 0.0230 e. The van der Waals surface area contributed by atoms with Crippen molar-refractivity contribution < 1.29 is 0 Å². The predicted molar refractivity (Wildman–Crippen MR) is 79.9 cm³/mol. The molecule has 0 saturated heterocycles. The van der Waals surface area contributed by atoms with E-state index in [0.717, 1.165) is 19.6 Å². The van der Waals surface area contributed by atoms with E-state index in [1.54, 1.807) is 0 Å². The average Bonchev–Trinajstić information content (AvgIpc) is 2.26. The maximum atomic E-state index is 3.52. The van der Waals surface area contributed by atoms with E-state index in [0.29, 0.717) is 0 Å². The molecule has 1 rings (SSSR count). The molecule has 18 heavy (non-hydrogen) atoms. The molecule has 1 aromatic carbocycles. The molecule has 0 aliphatic carbocycles. The Labute approximate surface area is 112 Å². The van der Waals surface area contributed by atoms with Crippen molar-refractivity contribution in [3.05, 3.63) is 35.4 Å². The molecule has 0 fully saturated rings. The van der Waals surface area contributed by atoms with Gasteiger partial charge in [-0.15, -0.1) is 0 Å². The lowest BCUT2D eigenvalue weighted by atomic mass is 10.1. The maximum absolute atomic E-state index is 3.52. The number of hydrogen-bond acceptors (Lipinski definition) is 2. The quantitative estimate of drug-likeness (QED) is 0.778. The Morgan fingerprint density at radius 3 is 2.28 bits per heavy atom. The topological polar surface area (TPSA) is 15.3 Å². The Morgan fingerprint density at radius 2 is 1.72 bits per heavy atom. The molecule has 0 unspecified atom stereocenters. The SMILES string of the molecule is Cc1ccc(CN(C)CCCNC(C)(C)C)cc1. The Hall–Kier alpha value is -0.860. The molecule has 1 N–H and O–H groups in total. The summed E-state index contributed by atoms with van der Waals surface area (Å²) in [6.45, 7) is 12.0. The van der Waals surface area contributed by atoms with Crippen LogP contribution in [0.1, 0.15) is 38.3 Å². The first-order valence-electron chi connectivity index (χ1n) is 6.86. The summed E-state index contributed by atoms with van der Waals surface area (Å²) in [4.78, 5) is 2.38. The van der Waals surface area contributed by atoms with Crippen LogP contribution in [-0.4, -0.2) is 30.6 Å². The summed E-state index contributed by atoms with van der Waals surface area (Å²) in [5.74, 6) is 0. The molecular weight excluding hydrogens is 220 g/mol. The Bertz CT molecular complexity index is 335. The van der Waals surface area contributed by atoms with Crippen LogP contribution in [0.3, 0.4) is 0 Å². The van der Waals surface area contributed by atoms with Crippen molar-refractivity contribution in [2.24, 2.45) is 0 Å². The van der Waals surface area contributed by atoms with Gasteiger partial charge in [-0.05, 0) is 59.8 Å². The third-order valence-electron chi connectivity index (χ3n) is 2.95. The third-order valence-corrected chi connectivity index (χ3v) is 2.95. The second-order valence-electron chi connectivity index (χ2n) is 6.25. The molecule has 2 nitrogen and oxygen atoms in total. The van der Waals surface area contributed by atoms with Crippen molar-refractivity contribution in [2.75, 3.05) is 20.1 Å². The van der Waals surface area contributed by atoms with Crippen molar-refractivity contribution in [2.45, 2.75) is 46.2 Å². The molecule has 0 aromatic heterocycles. The fourth-order valence-corrected chi connectivity index (χ4v) is 1.90. The van der Waals surface area contributed by atoms with E-state index in [1.165, 1.54) is 17.5 Å². The van der Waals surface area contributed by atoms with E-state index in [9.17, 15) is 0 Å². The monoisotopic (exact) mass is 248 g/mol. The van der Waals surface area contributed by atoms with Crippen LogP contribution in [0.15, 0.2) is 24.3 Å². The van der Waals surface area contributed by atoms with Crippen molar-refractivity contribution in [3.8, 4) is 0 Å². The van der Waals surface area contributed by atoms with Gasteiger partial charge in [0.2, 0.25) is 0 Å². The first kappa shape index (κ1) is 15.2. The lowest BCUT2D eigenvalue weighted by molar-refractivity contribution is 0.310. The number of nitrogens with zero attached hydrogens (tertiary/aromatic N) is 1. The van der Waals surface area contributed by atoms with E-state index >= 15 is 0 Å². The van der Waals surface area contributed by atoms with Crippen molar-refractivity contribution in [1.29, 1.82) is 0 Å². The molecule has 102 valence electrons. The van der Waals surface area contributed by atoms with Gasteiger partial charge in [0, 0.05) is 12.1 Å². The molecule has 0 aliphatic rings. The van der Waals surface area contributed by atoms with Crippen LogP contribution in [0.2, 0.25) is 0 Å². The van der Waals surface area contributed by atoms with Crippen LogP contribution in [0.5, 0.6) is 0 Å². The number of hydrogen-bond donors (Lipinski definition) is 1. The third kappa shape index (κ3) is 6.77. The van der Waals surface area contributed by atoms with E-state index in [1.807, 2.05) is 0 Å². The molecule has 2 heteroatoms. The second kappa shape index (κ2) is 6.91. The van der Waals surface area contributed by atoms with Crippen LogP contribution < -0.4 is 5.32 Å². The maximum Gasteiger partial charge on any atom is 0.0230 e. The molecule has 0 bridgehead atoms. The highest BCUT2D eigenvalue weighted by Crippen LogP contribution is 2.06. The Kier molecular flexibility index (Phi) is 5.83. The minimum atomic E-state index is 0.232. The summed E-state index contributed by atoms with van der Waals surface area (Å²) in [6.07, 6.45) is 1.19. The summed E-state index contributed by atoms with van der Waals surface area (Å²) < 4.78 is 0. The first-order chi connectivity index (χ1) is 8.37. The Balaban J connectivity index is 2.21. The molecule has 1 aromatic rings. The molecule has 0 saturated carbocycles. The molecule has 0 amide bonds. The minimum Gasteiger partial charge on any atom is -0.312 e. The lowest BCUT2D eigenvalue weighted by Gasteiger charge is -2.22. The van der Waals surface area contributed by atoms with Gasteiger partial charge in [0.25, 0.3) is 0 Å². The van der Waals surface area contributed by atoms with E-state index in [2.05, 4.69) is 69.2 Å². The van der Waals surface area contributed by atoms with Gasteiger partial charge in [-0.1, -0.05) is 29.8 Å². The van der Waals surface area contributed by atoms with E-state index < -0.39 is 0 Å². The van der Waals surface area contributed by atoms with Crippen molar-refractivity contribution in [1.82, 2.24) is 10.2 Å².